The maximum atomic E-state index is 5.92. The summed E-state index contributed by atoms with van der Waals surface area (Å²) in [5, 5.41) is 3.10. The standard InChI is InChI=1S/C14H21N3OS/c1-18-12-6-4-11(5-7-12)17-13(15)16-10-14(19-2)8-3-9-14/h4-7H,3,8-10H2,1-2H3,(H3,15,16,17). The van der Waals surface area contributed by atoms with E-state index in [0.717, 1.165) is 18.0 Å². The highest BCUT2D eigenvalue weighted by Crippen LogP contribution is 2.42. The minimum Gasteiger partial charge on any atom is -0.497 e. The molecular formula is C14H21N3OS. The molecule has 0 aliphatic heterocycles. The Balaban J connectivity index is 1.90. The van der Waals surface area contributed by atoms with Gasteiger partial charge in [0.25, 0.3) is 0 Å². The summed E-state index contributed by atoms with van der Waals surface area (Å²) >= 11 is 1.91. The van der Waals surface area contributed by atoms with E-state index >= 15 is 0 Å². The molecule has 0 unspecified atom stereocenters. The van der Waals surface area contributed by atoms with Crippen LogP contribution in [0.2, 0.25) is 0 Å². The van der Waals surface area contributed by atoms with Crippen LogP contribution < -0.4 is 15.8 Å². The molecule has 0 saturated heterocycles. The van der Waals surface area contributed by atoms with Crippen molar-refractivity contribution in [1.82, 2.24) is 0 Å². The second-order valence-electron chi connectivity index (χ2n) is 4.80. The van der Waals surface area contributed by atoms with E-state index in [0.29, 0.717) is 10.7 Å². The lowest BCUT2D eigenvalue weighted by molar-refractivity contribution is 0.372. The summed E-state index contributed by atoms with van der Waals surface area (Å²) in [6.45, 7) is 0.795. The number of ether oxygens (including phenoxy) is 1. The van der Waals surface area contributed by atoms with Crippen molar-refractivity contribution >= 4 is 23.4 Å². The third kappa shape index (κ3) is 3.56. The summed E-state index contributed by atoms with van der Waals surface area (Å²) < 4.78 is 5.44. The number of hydrogen-bond donors (Lipinski definition) is 2. The predicted octanol–water partition coefficient (Wildman–Crippen LogP) is 2.71. The van der Waals surface area contributed by atoms with Gasteiger partial charge in [-0.2, -0.15) is 11.8 Å². The number of benzene rings is 1. The molecule has 1 fully saturated rings. The number of hydrogen-bond acceptors (Lipinski definition) is 3. The summed E-state index contributed by atoms with van der Waals surface area (Å²) in [7, 11) is 1.65. The first-order chi connectivity index (χ1) is 9.17. The van der Waals surface area contributed by atoms with Crippen LogP contribution in [0.5, 0.6) is 5.75 Å². The van der Waals surface area contributed by atoms with Crippen molar-refractivity contribution in [2.45, 2.75) is 24.0 Å². The molecule has 0 spiro atoms. The molecule has 0 bridgehead atoms. The van der Waals surface area contributed by atoms with Gasteiger partial charge in [-0.1, -0.05) is 6.42 Å². The zero-order chi connectivity index (χ0) is 13.7. The van der Waals surface area contributed by atoms with E-state index in [1.54, 1.807) is 7.11 Å². The first-order valence-electron chi connectivity index (χ1n) is 6.44. The van der Waals surface area contributed by atoms with Crippen molar-refractivity contribution in [3.05, 3.63) is 24.3 Å². The molecule has 5 heteroatoms. The highest BCUT2D eigenvalue weighted by molar-refractivity contribution is 8.00. The molecule has 19 heavy (non-hydrogen) atoms. The maximum absolute atomic E-state index is 5.92. The second kappa shape index (κ2) is 6.19. The number of nitrogens with zero attached hydrogens (tertiary/aromatic N) is 1. The number of nitrogens with one attached hydrogen (secondary N) is 1. The van der Waals surface area contributed by atoms with E-state index in [4.69, 9.17) is 10.5 Å². The molecule has 0 amide bonds. The SMILES string of the molecule is COc1ccc(NC(N)=NCC2(SC)CCC2)cc1. The molecule has 0 aromatic heterocycles. The van der Waals surface area contributed by atoms with Crippen molar-refractivity contribution in [2.75, 3.05) is 25.2 Å². The smallest absolute Gasteiger partial charge is 0.193 e. The van der Waals surface area contributed by atoms with Crippen LogP contribution in [-0.2, 0) is 0 Å². The maximum Gasteiger partial charge on any atom is 0.193 e. The Kier molecular flexibility index (Phi) is 4.58. The second-order valence-corrected chi connectivity index (χ2v) is 6.07. The number of anilines is 1. The first kappa shape index (κ1) is 14.1. The fourth-order valence-electron chi connectivity index (χ4n) is 2.09. The summed E-state index contributed by atoms with van der Waals surface area (Å²) in [5.41, 5.74) is 6.84. The van der Waals surface area contributed by atoms with Gasteiger partial charge < -0.3 is 15.8 Å². The highest BCUT2D eigenvalue weighted by atomic mass is 32.2. The third-order valence-electron chi connectivity index (χ3n) is 3.60. The Morgan fingerprint density at radius 3 is 2.58 bits per heavy atom. The van der Waals surface area contributed by atoms with Crippen LogP contribution in [-0.4, -0.2) is 30.6 Å². The predicted molar refractivity (Wildman–Crippen MR) is 83.2 cm³/mol. The third-order valence-corrected chi connectivity index (χ3v) is 5.00. The monoisotopic (exact) mass is 279 g/mol. The lowest BCUT2D eigenvalue weighted by Crippen LogP contribution is -2.37. The summed E-state index contributed by atoms with van der Waals surface area (Å²) in [6.07, 6.45) is 5.95. The molecule has 1 aromatic rings. The lowest BCUT2D eigenvalue weighted by Gasteiger charge is -2.39. The summed E-state index contributed by atoms with van der Waals surface area (Å²) in [4.78, 5) is 4.46. The van der Waals surface area contributed by atoms with Crippen molar-refractivity contribution in [2.24, 2.45) is 10.7 Å². The minimum atomic E-state index is 0.326. The van der Waals surface area contributed by atoms with Crippen LogP contribution >= 0.6 is 11.8 Å². The molecule has 0 radical (unpaired) electrons. The van der Waals surface area contributed by atoms with Gasteiger partial charge in [-0.3, -0.25) is 4.99 Å². The normalized spacial score (nSPS) is 17.7. The van der Waals surface area contributed by atoms with E-state index in [1.807, 2.05) is 36.0 Å². The van der Waals surface area contributed by atoms with Crippen molar-refractivity contribution in [3.63, 3.8) is 0 Å². The zero-order valence-electron chi connectivity index (χ0n) is 11.5. The van der Waals surface area contributed by atoms with Gasteiger partial charge in [0.05, 0.1) is 13.7 Å². The molecule has 1 aliphatic rings. The fourth-order valence-corrected chi connectivity index (χ4v) is 2.98. The van der Waals surface area contributed by atoms with Gasteiger partial charge in [-0.15, -0.1) is 0 Å². The van der Waals surface area contributed by atoms with E-state index in [9.17, 15) is 0 Å². The number of methoxy groups -OCH3 is 1. The van der Waals surface area contributed by atoms with Crippen molar-refractivity contribution < 1.29 is 4.74 Å². The van der Waals surface area contributed by atoms with Gasteiger partial charge in [-0.05, 0) is 43.4 Å². The number of aliphatic imine (C=N–C) groups is 1. The number of thioether (sulfide) groups is 1. The van der Waals surface area contributed by atoms with Gasteiger partial charge >= 0.3 is 0 Å². The molecule has 0 heterocycles. The Labute approximate surface area is 118 Å². The highest BCUT2D eigenvalue weighted by Gasteiger charge is 2.35. The number of guanidine groups is 1. The summed E-state index contributed by atoms with van der Waals surface area (Å²) in [5.74, 6) is 1.31. The van der Waals surface area contributed by atoms with Crippen LogP contribution in [0, 0.1) is 0 Å². The number of nitrogens with two attached hydrogens (primary N) is 1. The first-order valence-corrected chi connectivity index (χ1v) is 7.66. The van der Waals surface area contributed by atoms with Gasteiger partial charge in [-0.25, -0.2) is 0 Å². The van der Waals surface area contributed by atoms with Gasteiger partial charge in [0.1, 0.15) is 5.75 Å². The number of rotatable bonds is 5. The molecule has 4 nitrogen and oxygen atoms in total. The lowest BCUT2D eigenvalue weighted by atomic mass is 9.84. The Morgan fingerprint density at radius 2 is 2.11 bits per heavy atom. The van der Waals surface area contributed by atoms with E-state index < -0.39 is 0 Å². The molecule has 1 saturated carbocycles. The average Bonchev–Trinajstić information content (AvgIpc) is 2.39. The summed E-state index contributed by atoms with van der Waals surface area (Å²) in [6, 6.07) is 7.64. The molecular weight excluding hydrogens is 258 g/mol. The quantitative estimate of drug-likeness (QED) is 0.642. The Bertz CT molecular complexity index is 435. The minimum absolute atomic E-state index is 0.326. The Morgan fingerprint density at radius 1 is 1.42 bits per heavy atom. The topological polar surface area (TPSA) is 59.6 Å². The van der Waals surface area contributed by atoms with Gasteiger partial charge in [0.2, 0.25) is 0 Å². The van der Waals surface area contributed by atoms with Crippen molar-refractivity contribution in [1.29, 1.82) is 0 Å². The van der Waals surface area contributed by atoms with E-state index in [2.05, 4.69) is 16.6 Å². The van der Waals surface area contributed by atoms with Crippen molar-refractivity contribution in [3.8, 4) is 5.75 Å². The van der Waals surface area contributed by atoms with E-state index in [-0.39, 0.29) is 0 Å². The average molecular weight is 279 g/mol. The zero-order valence-corrected chi connectivity index (χ0v) is 12.3. The molecule has 0 atom stereocenters. The van der Waals surface area contributed by atoms with Gasteiger partial charge in [0, 0.05) is 10.4 Å². The Hall–Kier alpha value is -1.36. The largest absolute Gasteiger partial charge is 0.497 e. The molecule has 1 aliphatic carbocycles. The van der Waals surface area contributed by atoms with Crippen LogP contribution in [0.1, 0.15) is 19.3 Å². The molecule has 3 N–H and O–H groups in total. The fraction of sp³-hybridized carbons (Fsp3) is 0.500. The van der Waals surface area contributed by atoms with Crippen LogP contribution in [0.15, 0.2) is 29.3 Å². The van der Waals surface area contributed by atoms with E-state index in [1.165, 1.54) is 19.3 Å². The molecule has 1 aromatic carbocycles. The van der Waals surface area contributed by atoms with Gasteiger partial charge in [0.15, 0.2) is 5.96 Å². The van der Waals surface area contributed by atoms with Crippen LogP contribution in [0.3, 0.4) is 0 Å². The molecule has 104 valence electrons. The van der Waals surface area contributed by atoms with Crippen LogP contribution in [0.4, 0.5) is 5.69 Å². The van der Waals surface area contributed by atoms with Crippen LogP contribution in [0.25, 0.3) is 0 Å². The molecule has 2 rings (SSSR count).